The molecule has 0 rings (SSSR count). The van der Waals surface area contributed by atoms with Gasteiger partial charge in [-0.3, -0.25) is 32.5 Å². The maximum Gasteiger partial charge on any atom is 0.472 e. The van der Waals surface area contributed by atoms with E-state index in [9.17, 15) is 43.5 Å². The second kappa shape index (κ2) is 86.0. The van der Waals surface area contributed by atoms with E-state index in [0.717, 1.165) is 180 Å². The van der Waals surface area contributed by atoms with Crippen LogP contribution in [0.15, 0.2) is 182 Å². The summed E-state index contributed by atoms with van der Waals surface area (Å²) in [5.41, 5.74) is 0. The number of aliphatic hydroxyl groups is 2. The Bertz CT molecular complexity index is 2780. The minimum atomic E-state index is -4.95. The molecule has 0 aromatic carbocycles. The van der Waals surface area contributed by atoms with Crippen molar-refractivity contribution >= 4 is 33.6 Å². The number of hydrogen-bond donors (Lipinski definition) is 4. The largest absolute Gasteiger partial charge is 0.472 e. The summed E-state index contributed by atoms with van der Waals surface area (Å²) in [7, 11) is -9.82. The summed E-state index contributed by atoms with van der Waals surface area (Å²) >= 11 is 0. The summed E-state index contributed by atoms with van der Waals surface area (Å²) in [4.78, 5) is 58.9. The summed E-state index contributed by atoms with van der Waals surface area (Å²) in [5, 5.41) is 20.7. The SMILES string of the molecule is CC/C=C\C/C=C\C/C=C\C/C=C\C/C=C\CCCCCCCCCCCCCCCCCCCCCC(=O)OCC(O)COP(=O)(O)OCC(O)COP(=O)(O)OCC(COC(=O)CCCCCCCCC/C=C\C/C=C\C/C=C\C/C=C\C/C=C\CC)OC(=O)CCCCC/C=C\C/C=C\C/C=C\C/C=C\C/C=C\CC. The number of phosphoric acid groups is 2. The van der Waals surface area contributed by atoms with Crippen LogP contribution in [-0.2, 0) is 55.8 Å². The van der Waals surface area contributed by atoms with Crippen molar-refractivity contribution in [3.05, 3.63) is 182 Å². The van der Waals surface area contributed by atoms with Gasteiger partial charge in [0.05, 0.1) is 26.4 Å². The number of allylic oxidation sites excluding steroid dienone is 30. The van der Waals surface area contributed by atoms with Crippen molar-refractivity contribution in [2.75, 3.05) is 39.6 Å². The van der Waals surface area contributed by atoms with Gasteiger partial charge in [-0.15, -0.1) is 0 Å². The van der Waals surface area contributed by atoms with Gasteiger partial charge in [0.2, 0.25) is 0 Å². The first-order valence-electron chi connectivity index (χ1n) is 44.1. The number of phosphoric ester groups is 2. The third kappa shape index (κ3) is 87.3. The van der Waals surface area contributed by atoms with Crippen molar-refractivity contribution in [2.45, 2.75) is 360 Å². The molecule has 0 aliphatic heterocycles. The zero-order chi connectivity index (χ0) is 82.2. The van der Waals surface area contributed by atoms with Crippen LogP contribution < -0.4 is 0 Å². The predicted octanol–water partition coefficient (Wildman–Crippen LogP) is 26.9. The Hall–Kier alpha value is -5.35. The van der Waals surface area contributed by atoms with Crippen molar-refractivity contribution < 1.29 is 75.8 Å². The first-order valence-corrected chi connectivity index (χ1v) is 47.1. The van der Waals surface area contributed by atoms with E-state index in [2.05, 4.69) is 203 Å². The molecule has 0 fully saturated rings. The predicted molar refractivity (Wildman–Crippen MR) is 472 cm³/mol. The van der Waals surface area contributed by atoms with E-state index in [1.54, 1.807) is 0 Å². The minimum absolute atomic E-state index is 0.0569. The van der Waals surface area contributed by atoms with E-state index in [0.29, 0.717) is 19.3 Å². The average molecular weight is 1620 g/mol. The summed E-state index contributed by atoms with van der Waals surface area (Å²) in [6.07, 6.45) is 112. The highest BCUT2D eigenvalue weighted by molar-refractivity contribution is 7.47. The molecule has 5 atom stereocenters. The number of esters is 3. The van der Waals surface area contributed by atoms with E-state index in [1.807, 2.05) is 0 Å². The standard InChI is InChI=1S/C95H158O16P2/c1-4-7-10-13-16-19-22-25-28-31-34-36-38-39-40-41-42-43-44-45-46-47-48-49-51-53-55-57-60-63-66-69-72-75-78-81-93(98)105-84-90(96)85-107-112(101,102)108-86-91(97)87-109-113(103,104)110-89-92(111-95(100)83-80-77-74-71-68-65-62-59-54-33-30-27-24-21-18-15-12-9-6-3)88-106-94(99)82-79-76-73-70-67-64-61-58-56-52-50-37-35-32-29-26-23-20-17-14-11-8-5-2/h7-12,16-21,25-30,34-37,39-40,52,54,56,59,65,68,90-92,96-97H,4-6,13-15,22-24,31-33,38,41-51,53,55,57-58,60-64,66-67,69-89H2,1-3H3,(H,101,102)(H,103,104)/b10-7-,11-8-,12-9-,19-16-,20-17-,21-18-,28-25-,29-26-,30-27-,36-34-,37-35-,40-39-,56-52-,59-54-,68-65-. The van der Waals surface area contributed by atoms with Crippen molar-refractivity contribution in [3.8, 4) is 0 Å². The summed E-state index contributed by atoms with van der Waals surface area (Å²) in [6.45, 7) is 2.30. The van der Waals surface area contributed by atoms with E-state index in [4.69, 9.17) is 32.3 Å². The van der Waals surface area contributed by atoms with Gasteiger partial charge in [-0.1, -0.05) is 351 Å². The molecule has 0 aliphatic carbocycles. The lowest BCUT2D eigenvalue weighted by Gasteiger charge is -2.21. The molecule has 4 N–H and O–H groups in total. The van der Waals surface area contributed by atoms with Crippen LogP contribution in [0.3, 0.4) is 0 Å². The second-order valence-corrected chi connectivity index (χ2v) is 31.8. The highest BCUT2D eigenvalue weighted by atomic mass is 31.2. The zero-order valence-corrected chi connectivity index (χ0v) is 72.5. The third-order valence-corrected chi connectivity index (χ3v) is 20.0. The van der Waals surface area contributed by atoms with Crippen LogP contribution >= 0.6 is 15.6 Å². The second-order valence-electron chi connectivity index (χ2n) is 28.9. The maximum absolute atomic E-state index is 13.0. The van der Waals surface area contributed by atoms with Crippen molar-refractivity contribution in [1.82, 2.24) is 0 Å². The normalized spacial score (nSPS) is 14.7. The maximum atomic E-state index is 13.0. The van der Waals surface area contributed by atoms with Crippen LogP contribution in [0.4, 0.5) is 0 Å². The van der Waals surface area contributed by atoms with Crippen molar-refractivity contribution in [3.63, 3.8) is 0 Å². The fourth-order valence-corrected chi connectivity index (χ4v) is 13.1. The number of aliphatic hydroxyl groups excluding tert-OH is 2. The first-order chi connectivity index (χ1) is 55.2. The molecule has 18 heteroatoms. The van der Waals surface area contributed by atoms with Crippen LogP contribution in [0.25, 0.3) is 0 Å². The topological polar surface area (TPSA) is 231 Å². The molecule has 113 heavy (non-hydrogen) atoms. The Morgan fingerprint density at radius 2 is 0.442 bits per heavy atom. The van der Waals surface area contributed by atoms with Gasteiger partial charge >= 0.3 is 33.6 Å². The van der Waals surface area contributed by atoms with E-state index in [-0.39, 0.29) is 19.3 Å². The molecular formula is C95H158O16P2. The van der Waals surface area contributed by atoms with Crippen molar-refractivity contribution in [2.24, 2.45) is 0 Å². The molecule has 0 radical (unpaired) electrons. The molecule has 0 aromatic rings. The van der Waals surface area contributed by atoms with Gasteiger partial charge in [0.25, 0.3) is 0 Å². The van der Waals surface area contributed by atoms with Crippen LogP contribution in [0.5, 0.6) is 0 Å². The molecule has 5 unspecified atom stereocenters. The van der Waals surface area contributed by atoms with Gasteiger partial charge < -0.3 is 34.2 Å². The number of ether oxygens (including phenoxy) is 3. The van der Waals surface area contributed by atoms with Gasteiger partial charge in [-0.25, -0.2) is 9.13 Å². The molecule has 0 amide bonds. The number of unbranched alkanes of at least 4 members (excludes halogenated alkanes) is 29. The lowest BCUT2D eigenvalue weighted by Crippen LogP contribution is -2.30. The monoisotopic (exact) mass is 1620 g/mol. The quantitative estimate of drug-likeness (QED) is 0.0146. The van der Waals surface area contributed by atoms with Gasteiger partial charge in [-0.2, -0.15) is 0 Å². The van der Waals surface area contributed by atoms with Crippen LogP contribution in [0.1, 0.15) is 342 Å². The molecule has 0 saturated heterocycles. The number of carbonyl (C=O) groups excluding carboxylic acids is 3. The van der Waals surface area contributed by atoms with E-state index < -0.39 is 91.5 Å². The van der Waals surface area contributed by atoms with E-state index in [1.165, 1.54) is 103 Å². The summed E-state index contributed by atoms with van der Waals surface area (Å²) in [5.74, 6) is -1.63. The zero-order valence-electron chi connectivity index (χ0n) is 70.7. The Kier molecular flexibility index (Phi) is 81.9. The van der Waals surface area contributed by atoms with Crippen LogP contribution in [0, 0.1) is 0 Å². The molecule has 0 aromatic heterocycles. The highest BCUT2D eigenvalue weighted by Crippen LogP contribution is 2.45. The lowest BCUT2D eigenvalue weighted by atomic mass is 10.0. The van der Waals surface area contributed by atoms with Gasteiger partial charge in [0.15, 0.2) is 6.10 Å². The van der Waals surface area contributed by atoms with Gasteiger partial charge in [0.1, 0.15) is 25.4 Å². The Morgan fingerprint density at radius 1 is 0.248 bits per heavy atom. The Balaban J connectivity index is 4.52. The van der Waals surface area contributed by atoms with Gasteiger partial charge in [-0.05, 0) is 154 Å². The van der Waals surface area contributed by atoms with Gasteiger partial charge in [0, 0.05) is 19.3 Å². The van der Waals surface area contributed by atoms with E-state index >= 15 is 0 Å². The smallest absolute Gasteiger partial charge is 0.463 e. The Morgan fingerprint density at radius 3 is 0.708 bits per heavy atom. The fraction of sp³-hybridized carbons (Fsp3) is 0.653. The highest BCUT2D eigenvalue weighted by Gasteiger charge is 2.29. The lowest BCUT2D eigenvalue weighted by molar-refractivity contribution is -0.161. The first kappa shape index (κ1) is 108. The summed E-state index contributed by atoms with van der Waals surface area (Å²) < 4.78 is 61.3. The molecule has 0 spiro atoms. The summed E-state index contributed by atoms with van der Waals surface area (Å²) in [6, 6.07) is 0. The molecule has 0 bridgehead atoms. The molecule has 644 valence electrons. The van der Waals surface area contributed by atoms with Crippen molar-refractivity contribution in [1.29, 1.82) is 0 Å². The molecule has 0 saturated carbocycles. The molecule has 16 nitrogen and oxygen atoms in total. The average Bonchev–Trinajstić information content (AvgIpc) is 0.899. The number of hydrogen-bond acceptors (Lipinski definition) is 14. The number of carbonyl (C=O) groups is 3. The molecule has 0 aliphatic rings. The minimum Gasteiger partial charge on any atom is -0.463 e. The van der Waals surface area contributed by atoms with Crippen LogP contribution in [-0.4, -0.2) is 95.9 Å². The molecule has 0 heterocycles. The molecular weight excluding hydrogens is 1460 g/mol. The number of rotatable bonds is 82. The van der Waals surface area contributed by atoms with Crippen LogP contribution in [0.2, 0.25) is 0 Å². The fourth-order valence-electron chi connectivity index (χ4n) is 11.5. The third-order valence-electron chi connectivity index (χ3n) is 18.1. The Labute approximate surface area is 687 Å².